The van der Waals surface area contributed by atoms with Gasteiger partial charge in [0.2, 0.25) is 5.91 Å². The van der Waals surface area contributed by atoms with Gasteiger partial charge < -0.3 is 14.7 Å². The molecule has 1 N–H and O–H groups in total. The molecule has 5 atom stereocenters. The number of ether oxygens (including phenoxy) is 1. The van der Waals surface area contributed by atoms with Crippen molar-refractivity contribution in [3.05, 3.63) is 60.2 Å². The Kier molecular flexibility index (Phi) is 5.96. The number of hydrogen-bond acceptors (Lipinski definition) is 4. The van der Waals surface area contributed by atoms with Crippen LogP contribution in [0.2, 0.25) is 0 Å². The molecule has 3 aliphatic heterocycles. The molecule has 0 aliphatic carbocycles. The molecule has 3 aliphatic rings. The Morgan fingerprint density at radius 3 is 2.54 bits per heavy atom. The number of carbonyl (C=O) groups excluding carboxylic acids is 2. The maximum Gasteiger partial charge on any atom is 0.268 e. The second-order valence-electron chi connectivity index (χ2n) is 10.5. The molecule has 0 aromatic heterocycles. The summed E-state index contributed by atoms with van der Waals surface area (Å²) in [6, 6.07) is 16.7. The van der Waals surface area contributed by atoms with Gasteiger partial charge in [0.15, 0.2) is 5.60 Å². The summed E-state index contributed by atoms with van der Waals surface area (Å²) in [5, 5.41) is 9.68. The number of carbonyl (C=O) groups is 2. The molecule has 186 valence electrons. The number of aliphatic hydroxyl groups is 1. The van der Waals surface area contributed by atoms with E-state index >= 15 is 4.39 Å². The second kappa shape index (κ2) is 8.71. The van der Waals surface area contributed by atoms with E-state index in [1.807, 2.05) is 61.5 Å². The van der Waals surface area contributed by atoms with Crippen LogP contribution in [0.25, 0.3) is 0 Å². The molecule has 2 aromatic rings. The van der Waals surface area contributed by atoms with Crippen molar-refractivity contribution in [2.45, 2.75) is 63.4 Å². The molecule has 0 bridgehead atoms. The van der Waals surface area contributed by atoms with Gasteiger partial charge in [-0.25, -0.2) is 4.39 Å². The summed E-state index contributed by atoms with van der Waals surface area (Å²) in [5.41, 5.74) is -0.911. The molecule has 7 heteroatoms. The third kappa shape index (κ3) is 3.67. The standard InChI is InChI=1S/C28H33FN2O4/c1-18-25(27(2,3)29)23(16-24(33)30-15-9-12-20(30)17-32)35-28(18)21-13-7-8-14-22(21)31(26(28)34)19-10-5-4-6-11-19/h4-8,10-11,13-14,18,20,23,25,32H,9,12,15-17H2,1-3H3/t18-,20+,23+,25-,28+/m1/s1. The van der Waals surface area contributed by atoms with Crippen LogP contribution in [-0.4, -0.2) is 52.8 Å². The van der Waals surface area contributed by atoms with E-state index in [1.54, 1.807) is 9.80 Å². The minimum atomic E-state index is -1.68. The van der Waals surface area contributed by atoms with E-state index in [1.165, 1.54) is 13.8 Å². The number of alkyl halides is 1. The summed E-state index contributed by atoms with van der Waals surface area (Å²) >= 11 is 0. The van der Waals surface area contributed by atoms with Crippen LogP contribution in [-0.2, 0) is 19.9 Å². The van der Waals surface area contributed by atoms with Crippen molar-refractivity contribution in [2.24, 2.45) is 11.8 Å². The Bertz CT molecular complexity index is 1120. The smallest absolute Gasteiger partial charge is 0.268 e. The number of hydrogen-bond donors (Lipinski definition) is 1. The minimum Gasteiger partial charge on any atom is -0.394 e. The van der Waals surface area contributed by atoms with E-state index in [2.05, 4.69) is 0 Å². The van der Waals surface area contributed by atoms with Gasteiger partial charge in [0.25, 0.3) is 5.91 Å². The number of halogens is 1. The molecule has 0 saturated carbocycles. The molecule has 2 amide bonds. The number of fused-ring (bicyclic) bond motifs is 2. The largest absolute Gasteiger partial charge is 0.394 e. The van der Waals surface area contributed by atoms with Crippen LogP contribution in [0.4, 0.5) is 15.8 Å². The molecule has 1 spiro atoms. The highest BCUT2D eigenvalue weighted by Gasteiger charge is 2.66. The molecular weight excluding hydrogens is 447 g/mol. The Morgan fingerprint density at radius 1 is 1.17 bits per heavy atom. The first-order chi connectivity index (χ1) is 16.7. The second-order valence-corrected chi connectivity index (χ2v) is 10.5. The molecule has 0 radical (unpaired) electrons. The zero-order chi connectivity index (χ0) is 25.0. The lowest BCUT2D eigenvalue weighted by Gasteiger charge is -2.32. The van der Waals surface area contributed by atoms with Crippen molar-refractivity contribution in [3.8, 4) is 0 Å². The van der Waals surface area contributed by atoms with Crippen LogP contribution in [0.1, 0.15) is 45.6 Å². The fourth-order valence-electron chi connectivity index (χ4n) is 6.60. The van der Waals surface area contributed by atoms with Crippen molar-refractivity contribution in [3.63, 3.8) is 0 Å². The highest BCUT2D eigenvalue weighted by atomic mass is 19.1. The lowest BCUT2D eigenvalue weighted by Crippen LogP contribution is -2.44. The maximum atomic E-state index is 15.8. The van der Waals surface area contributed by atoms with Crippen LogP contribution < -0.4 is 4.90 Å². The molecule has 6 nitrogen and oxygen atoms in total. The quantitative estimate of drug-likeness (QED) is 0.692. The van der Waals surface area contributed by atoms with Gasteiger partial charge in [-0.1, -0.05) is 43.3 Å². The zero-order valence-electron chi connectivity index (χ0n) is 20.5. The van der Waals surface area contributed by atoms with Crippen LogP contribution >= 0.6 is 0 Å². The third-order valence-electron chi connectivity index (χ3n) is 8.07. The number of rotatable bonds is 5. The highest BCUT2D eigenvalue weighted by molar-refractivity contribution is 6.12. The number of anilines is 2. The Labute approximate surface area is 205 Å². The van der Waals surface area contributed by atoms with Crippen molar-refractivity contribution in [1.82, 2.24) is 4.90 Å². The normalized spacial score (nSPS) is 30.4. The number of para-hydroxylation sites is 2. The third-order valence-corrected chi connectivity index (χ3v) is 8.07. The molecule has 35 heavy (non-hydrogen) atoms. The van der Waals surface area contributed by atoms with Crippen molar-refractivity contribution >= 4 is 23.2 Å². The Balaban J connectivity index is 1.55. The van der Waals surface area contributed by atoms with E-state index < -0.39 is 29.2 Å². The monoisotopic (exact) mass is 480 g/mol. The van der Waals surface area contributed by atoms with E-state index in [4.69, 9.17) is 4.74 Å². The lowest BCUT2D eigenvalue weighted by molar-refractivity contribution is -0.150. The first-order valence-corrected chi connectivity index (χ1v) is 12.5. The molecule has 0 unspecified atom stereocenters. The average molecular weight is 481 g/mol. The van der Waals surface area contributed by atoms with Gasteiger partial charge in [-0.2, -0.15) is 0 Å². The van der Waals surface area contributed by atoms with Crippen LogP contribution in [0, 0.1) is 11.8 Å². The predicted octanol–water partition coefficient (Wildman–Crippen LogP) is 4.33. The van der Waals surface area contributed by atoms with Crippen LogP contribution in [0.15, 0.2) is 54.6 Å². The predicted molar refractivity (Wildman–Crippen MR) is 131 cm³/mol. The molecular formula is C28H33FN2O4. The van der Waals surface area contributed by atoms with Gasteiger partial charge >= 0.3 is 0 Å². The Hall–Kier alpha value is -2.77. The number of nitrogens with zero attached hydrogens (tertiary/aromatic N) is 2. The SMILES string of the molecule is C[C@@H]1[C@@H](C(C)(C)F)[C@H](CC(=O)N2CCC[C@H]2CO)O[C@@]12C(=O)N(c1ccccc1)c1ccccc12. The number of benzene rings is 2. The van der Waals surface area contributed by atoms with Crippen molar-refractivity contribution in [2.75, 3.05) is 18.1 Å². The van der Waals surface area contributed by atoms with Crippen molar-refractivity contribution < 1.29 is 23.8 Å². The summed E-state index contributed by atoms with van der Waals surface area (Å²) in [7, 11) is 0. The van der Waals surface area contributed by atoms with E-state index in [0.717, 1.165) is 24.2 Å². The van der Waals surface area contributed by atoms with E-state index in [-0.39, 0.29) is 30.9 Å². The number of aliphatic hydroxyl groups excluding tert-OH is 1. The zero-order valence-corrected chi connectivity index (χ0v) is 20.5. The van der Waals surface area contributed by atoms with E-state index in [9.17, 15) is 14.7 Å². The summed E-state index contributed by atoms with van der Waals surface area (Å²) in [6.07, 6.45) is 0.787. The number of amides is 2. The Morgan fingerprint density at radius 2 is 1.86 bits per heavy atom. The molecule has 2 aromatic carbocycles. The minimum absolute atomic E-state index is 0.0264. The van der Waals surface area contributed by atoms with Crippen LogP contribution in [0.5, 0.6) is 0 Å². The first-order valence-electron chi connectivity index (χ1n) is 12.5. The number of likely N-dealkylation sites (tertiary alicyclic amines) is 1. The first kappa shape index (κ1) is 23.9. The molecule has 2 fully saturated rings. The highest BCUT2D eigenvalue weighted by Crippen LogP contribution is 2.59. The fraction of sp³-hybridized carbons (Fsp3) is 0.500. The average Bonchev–Trinajstić information content (AvgIpc) is 3.49. The summed E-state index contributed by atoms with van der Waals surface area (Å²) in [6.45, 7) is 5.35. The van der Waals surface area contributed by atoms with Gasteiger partial charge in [-0.05, 0) is 44.9 Å². The maximum absolute atomic E-state index is 15.8. The van der Waals surface area contributed by atoms with Crippen molar-refractivity contribution in [1.29, 1.82) is 0 Å². The topological polar surface area (TPSA) is 70.1 Å². The summed E-state index contributed by atoms with van der Waals surface area (Å²) in [5.74, 6) is -1.59. The van der Waals surface area contributed by atoms with Crippen LogP contribution in [0.3, 0.4) is 0 Å². The fourth-order valence-corrected chi connectivity index (χ4v) is 6.60. The van der Waals surface area contributed by atoms with E-state index in [0.29, 0.717) is 12.1 Å². The van der Waals surface area contributed by atoms with Gasteiger partial charge in [0, 0.05) is 29.6 Å². The van der Waals surface area contributed by atoms with Gasteiger partial charge in [0.05, 0.1) is 30.9 Å². The molecule has 2 saturated heterocycles. The van der Waals surface area contributed by atoms with Gasteiger partial charge in [0.1, 0.15) is 5.67 Å². The van der Waals surface area contributed by atoms with Gasteiger partial charge in [-0.15, -0.1) is 0 Å². The summed E-state index contributed by atoms with van der Waals surface area (Å²) < 4.78 is 22.4. The lowest BCUT2D eigenvalue weighted by atomic mass is 9.71. The molecule has 5 rings (SSSR count). The van der Waals surface area contributed by atoms with Gasteiger partial charge in [-0.3, -0.25) is 14.5 Å². The summed E-state index contributed by atoms with van der Waals surface area (Å²) in [4.78, 5) is 30.8. The molecule has 3 heterocycles.